The number of hydrogen-bond donors (Lipinski definition) is 1. The molecule has 0 aliphatic heterocycles. The van der Waals surface area contributed by atoms with Gasteiger partial charge in [0.2, 0.25) is 5.91 Å². The van der Waals surface area contributed by atoms with Crippen molar-refractivity contribution in [2.75, 3.05) is 13.6 Å². The van der Waals surface area contributed by atoms with Crippen molar-refractivity contribution in [2.45, 2.75) is 52.6 Å². The SMILES string of the molecule is CCC(CC)N(C)C(=O)CNC(C)C. The summed E-state index contributed by atoms with van der Waals surface area (Å²) >= 11 is 0. The van der Waals surface area contributed by atoms with Crippen LogP contribution in [0.15, 0.2) is 0 Å². The van der Waals surface area contributed by atoms with Gasteiger partial charge in [0.25, 0.3) is 0 Å². The van der Waals surface area contributed by atoms with E-state index >= 15 is 0 Å². The molecule has 0 saturated carbocycles. The third kappa shape index (κ3) is 4.61. The predicted molar refractivity (Wildman–Crippen MR) is 60.3 cm³/mol. The molecule has 1 amide bonds. The molecule has 0 fully saturated rings. The van der Waals surface area contributed by atoms with Crippen molar-refractivity contribution < 1.29 is 4.79 Å². The number of carbonyl (C=O) groups excluding carboxylic acids is 1. The van der Waals surface area contributed by atoms with Gasteiger partial charge in [-0.15, -0.1) is 0 Å². The Morgan fingerprint density at radius 3 is 2.14 bits per heavy atom. The molecule has 0 spiro atoms. The zero-order valence-corrected chi connectivity index (χ0v) is 10.1. The Hall–Kier alpha value is -0.570. The number of carbonyl (C=O) groups is 1. The summed E-state index contributed by atoms with van der Waals surface area (Å²) in [6.45, 7) is 8.78. The molecule has 0 radical (unpaired) electrons. The van der Waals surface area contributed by atoms with Crippen molar-refractivity contribution in [3.8, 4) is 0 Å². The second-order valence-corrected chi connectivity index (χ2v) is 4.01. The van der Waals surface area contributed by atoms with E-state index in [1.807, 2.05) is 25.8 Å². The normalized spacial score (nSPS) is 11.1. The molecule has 0 bridgehead atoms. The molecule has 84 valence electrons. The fourth-order valence-electron chi connectivity index (χ4n) is 1.46. The summed E-state index contributed by atoms with van der Waals surface area (Å²) in [6.07, 6.45) is 2.06. The smallest absolute Gasteiger partial charge is 0.236 e. The number of rotatable bonds is 6. The van der Waals surface area contributed by atoms with E-state index in [-0.39, 0.29) is 5.91 Å². The summed E-state index contributed by atoms with van der Waals surface area (Å²) in [5.41, 5.74) is 0. The lowest BCUT2D eigenvalue weighted by atomic mass is 10.1. The van der Waals surface area contributed by atoms with Crippen LogP contribution < -0.4 is 5.32 Å². The van der Waals surface area contributed by atoms with E-state index in [0.29, 0.717) is 18.6 Å². The molecule has 3 nitrogen and oxygen atoms in total. The fourth-order valence-corrected chi connectivity index (χ4v) is 1.46. The maximum absolute atomic E-state index is 11.7. The van der Waals surface area contributed by atoms with Gasteiger partial charge in [-0.3, -0.25) is 4.79 Å². The number of amides is 1. The lowest BCUT2D eigenvalue weighted by Crippen LogP contribution is -2.42. The molecular weight excluding hydrogens is 176 g/mol. The Bertz CT molecular complexity index is 165. The molecule has 3 heteroatoms. The van der Waals surface area contributed by atoms with Crippen LogP contribution in [0.2, 0.25) is 0 Å². The Morgan fingerprint density at radius 1 is 1.29 bits per heavy atom. The van der Waals surface area contributed by atoms with Crippen LogP contribution in [-0.4, -0.2) is 36.5 Å². The molecular formula is C11H24N2O. The van der Waals surface area contributed by atoms with Crippen molar-refractivity contribution in [3.05, 3.63) is 0 Å². The molecule has 0 aromatic heterocycles. The van der Waals surface area contributed by atoms with Crippen molar-refractivity contribution in [3.63, 3.8) is 0 Å². The van der Waals surface area contributed by atoms with Crippen molar-refractivity contribution in [1.82, 2.24) is 10.2 Å². The standard InChI is InChI=1S/C11H24N2O/c1-6-10(7-2)13(5)11(14)8-12-9(3)4/h9-10,12H,6-8H2,1-5H3. The molecule has 0 aromatic carbocycles. The van der Waals surface area contributed by atoms with Gasteiger partial charge >= 0.3 is 0 Å². The third-order valence-electron chi connectivity index (χ3n) is 2.55. The molecule has 0 atom stereocenters. The zero-order chi connectivity index (χ0) is 11.1. The van der Waals surface area contributed by atoms with E-state index in [4.69, 9.17) is 0 Å². The Balaban J connectivity index is 3.97. The van der Waals surface area contributed by atoms with Crippen LogP contribution in [0.4, 0.5) is 0 Å². The lowest BCUT2D eigenvalue weighted by molar-refractivity contribution is -0.131. The van der Waals surface area contributed by atoms with Crippen LogP contribution in [0.25, 0.3) is 0 Å². The Kier molecular flexibility index (Phi) is 6.54. The monoisotopic (exact) mass is 200 g/mol. The quantitative estimate of drug-likeness (QED) is 0.707. The van der Waals surface area contributed by atoms with Gasteiger partial charge in [-0.25, -0.2) is 0 Å². The first-order chi connectivity index (χ1) is 6.52. The third-order valence-corrected chi connectivity index (χ3v) is 2.55. The first-order valence-electron chi connectivity index (χ1n) is 5.51. The summed E-state index contributed by atoms with van der Waals surface area (Å²) in [6, 6.07) is 0.755. The molecule has 0 rings (SSSR count). The second-order valence-electron chi connectivity index (χ2n) is 4.01. The average molecular weight is 200 g/mol. The summed E-state index contributed by atoms with van der Waals surface area (Å²) < 4.78 is 0. The molecule has 0 aliphatic carbocycles. The zero-order valence-electron chi connectivity index (χ0n) is 10.1. The lowest BCUT2D eigenvalue weighted by Gasteiger charge is -2.26. The Morgan fingerprint density at radius 2 is 1.79 bits per heavy atom. The van der Waals surface area contributed by atoms with Gasteiger partial charge in [0, 0.05) is 19.1 Å². The predicted octanol–water partition coefficient (Wildman–Crippen LogP) is 1.63. The van der Waals surface area contributed by atoms with Gasteiger partial charge in [-0.1, -0.05) is 27.7 Å². The molecule has 0 saturated heterocycles. The molecule has 0 aromatic rings. The van der Waals surface area contributed by atoms with E-state index in [1.165, 1.54) is 0 Å². The van der Waals surface area contributed by atoms with Gasteiger partial charge < -0.3 is 10.2 Å². The highest BCUT2D eigenvalue weighted by Crippen LogP contribution is 2.05. The largest absolute Gasteiger partial charge is 0.342 e. The molecule has 1 N–H and O–H groups in total. The second kappa shape index (κ2) is 6.82. The highest BCUT2D eigenvalue weighted by molar-refractivity contribution is 5.78. The number of hydrogen-bond acceptors (Lipinski definition) is 2. The van der Waals surface area contributed by atoms with Gasteiger partial charge in [-0.2, -0.15) is 0 Å². The van der Waals surface area contributed by atoms with Crippen LogP contribution in [0.5, 0.6) is 0 Å². The molecule has 14 heavy (non-hydrogen) atoms. The molecule has 0 unspecified atom stereocenters. The van der Waals surface area contributed by atoms with E-state index in [2.05, 4.69) is 19.2 Å². The summed E-state index contributed by atoms with van der Waals surface area (Å²) in [4.78, 5) is 13.5. The van der Waals surface area contributed by atoms with Crippen molar-refractivity contribution in [1.29, 1.82) is 0 Å². The van der Waals surface area contributed by atoms with E-state index in [1.54, 1.807) is 0 Å². The number of nitrogens with zero attached hydrogens (tertiary/aromatic N) is 1. The topological polar surface area (TPSA) is 32.3 Å². The van der Waals surface area contributed by atoms with Crippen LogP contribution >= 0.6 is 0 Å². The van der Waals surface area contributed by atoms with Gasteiger partial charge in [-0.05, 0) is 12.8 Å². The van der Waals surface area contributed by atoms with E-state index in [0.717, 1.165) is 12.8 Å². The first-order valence-corrected chi connectivity index (χ1v) is 5.51. The van der Waals surface area contributed by atoms with Crippen molar-refractivity contribution in [2.24, 2.45) is 0 Å². The van der Waals surface area contributed by atoms with Crippen LogP contribution in [0, 0.1) is 0 Å². The minimum atomic E-state index is 0.187. The summed E-state index contributed by atoms with van der Waals surface area (Å²) in [7, 11) is 1.89. The summed E-state index contributed by atoms with van der Waals surface area (Å²) in [5, 5.41) is 3.14. The first kappa shape index (κ1) is 13.4. The number of likely N-dealkylation sites (N-methyl/N-ethyl adjacent to an activating group) is 1. The van der Waals surface area contributed by atoms with Crippen molar-refractivity contribution >= 4 is 5.91 Å². The minimum Gasteiger partial charge on any atom is -0.342 e. The summed E-state index contributed by atoms with van der Waals surface area (Å²) in [5.74, 6) is 0.187. The van der Waals surface area contributed by atoms with Gasteiger partial charge in [0.1, 0.15) is 0 Å². The highest BCUT2D eigenvalue weighted by atomic mass is 16.2. The number of nitrogens with one attached hydrogen (secondary N) is 1. The van der Waals surface area contributed by atoms with Gasteiger partial charge in [0.05, 0.1) is 6.54 Å². The van der Waals surface area contributed by atoms with Gasteiger partial charge in [0.15, 0.2) is 0 Å². The fraction of sp³-hybridized carbons (Fsp3) is 0.909. The van der Waals surface area contributed by atoms with E-state index in [9.17, 15) is 4.79 Å². The van der Waals surface area contributed by atoms with Crippen LogP contribution in [0.3, 0.4) is 0 Å². The maximum Gasteiger partial charge on any atom is 0.236 e. The highest BCUT2D eigenvalue weighted by Gasteiger charge is 2.15. The molecule has 0 heterocycles. The minimum absolute atomic E-state index is 0.187. The average Bonchev–Trinajstić information content (AvgIpc) is 2.15. The van der Waals surface area contributed by atoms with Crippen LogP contribution in [0.1, 0.15) is 40.5 Å². The maximum atomic E-state index is 11.7. The Labute approximate surface area is 87.9 Å². The molecule has 0 aliphatic rings. The van der Waals surface area contributed by atoms with E-state index < -0.39 is 0 Å². The van der Waals surface area contributed by atoms with Crippen LogP contribution in [-0.2, 0) is 4.79 Å².